The maximum atomic E-state index is 9.37. The Bertz CT molecular complexity index is 1090. The molecule has 0 radical (unpaired) electrons. The van der Waals surface area contributed by atoms with Gasteiger partial charge >= 0.3 is 0 Å². The van der Waals surface area contributed by atoms with Crippen molar-refractivity contribution in [1.29, 1.82) is 0 Å². The van der Waals surface area contributed by atoms with E-state index in [-0.39, 0.29) is 11.5 Å². The van der Waals surface area contributed by atoms with E-state index in [0.717, 1.165) is 11.1 Å². The zero-order chi connectivity index (χ0) is 21.8. The first-order valence-electron chi connectivity index (χ1n) is 9.47. The summed E-state index contributed by atoms with van der Waals surface area (Å²) in [5.41, 5.74) is 2.01. The summed E-state index contributed by atoms with van der Waals surface area (Å²) in [4.78, 5) is 0. The number of ether oxygens (including phenoxy) is 2. The van der Waals surface area contributed by atoms with Crippen LogP contribution in [0.3, 0.4) is 0 Å². The lowest BCUT2D eigenvalue weighted by Crippen LogP contribution is -1.92. The number of halogens is 2. The fourth-order valence-corrected chi connectivity index (χ4v) is 3.48. The summed E-state index contributed by atoms with van der Waals surface area (Å²) in [5.74, 6) is 2.59. The summed E-state index contributed by atoms with van der Waals surface area (Å²) < 4.78 is 11.5. The summed E-state index contributed by atoms with van der Waals surface area (Å²) in [6.45, 7) is 0. The van der Waals surface area contributed by atoms with Gasteiger partial charge in [0.15, 0.2) is 0 Å². The minimum atomic E-state index is 0.173. The van der Waals surface area contributed by atoms with Crippen LogP contribution < -0.4 is 9.47 Å². The first kappa shape index (κ1) is 20.9. The summed E-state index contributed by atoms with van der Waals surface area (Å²) in [6, 6.07) is 24.1. The van der Waals surface area contributed by atoms with E-state index in [4.69, 9.17) is 32.7 Å². The smallest absolute Gasteiger partial charge is 0.146 e. The molecule has 0 unspecified atom stereocenters. The van der Waals surface area contributed by atoms with Crippen molar-refractivity contribution in [3.8, 4) is 34.5 Å². The molecule has 0 heterocycles. The lowest BCUT2D eigenvalue weighted by Gasteiger charge is -2.11. The van der Waals surface area contributed by atoms with Crippen LogP contribution in [-0.4, -0.2) is 10.2 Å². The molecule has 2 N–H and O–H groups in total. The predicted molar refractivity (Wildman–Crippen MR) is 122 cm³/mol. The number of phenols is 2. The van der Waals surface area contributed by atoms with Crippen molar-refractivity contribution in [2.24, 2.45) is 0 Å². The van der Waals surface area contributed by atoms with Gasteiger partial charge in [0.05, 0.1) is 10.0 Å². The van der Waals surface area contributed by atoms with Crippen LogP contribution in [-0.2, 0) is 6.42 Å². The molecular weight excluding hydrogens is 435 g/mol. The maximum absolute atomic E-state index is 9.37. The van der Waals surface area contributed by atoms with Gasteiger partial charge in [0.2, 0.25) is 0 Å². The zero-order valence-corrected chi connectivity index (χ0v) is 17.8. The molecule has 0 bridgehead atoms. The Morgan fingerprint density at radius 1 is 0.548 bits per heavy atom. The molecule has 0 amide bonds. The van der Waals surface area contributed by atoms with Crippen molar-refractivity contribution in [2.45, 2.75) is 6.42 Å². The molecule has 0 aliphatic rings. The van der Waals surface area contributed by atoms with Crippen LogP contribution in [0.25, 0.3) is 0 Å². The van der Waals surface area contributed by atoms with E-state index >= 15 is 0 Å². The Morgan fingerprint density at radius 3 is 1.29 bits per heavy atom. The second-order valence-corrected chi connectivity index (χ2v) is 7.71. The molecule has 4 nitrogen and oxygen atoms in total. The number of hydrogen-bond donors (Lipinski definition) is 2. The molecule has 0 aliphatic carbocycles. The van der Waals surface area contributed by atoms with E-state index < -0.39 is 0 Å². The SMILES string of the molecule is Oc1ccc(Oc2ccc(Cc3ccc(Oc4ccc(O)cc4)c(Cl)c3)cc2Cl)cc1. The van der Waals surface area contributed by atoms with E-state index in [9.17, 15) is 10.2 Å². The molecule has 0 saturated carbocycles. The van der Waals surface area contributed by atoms with Crippen molar-refractivity contribution in [2.75, 3.05) is 0 Å². The second kappa shape index (κ2) is 9.21. The first-order valence-corrected chi connectivity index (χ1v) is 10.2. The highest BCUT2D eigenvalue weighted by molar-refractivity contribution is 6.32. The third-order valence-electron chi connectivity index (χ3n) is 4.53. The Labute approximate surface area is 189 Å². The van der Waals surface area contributed by atoms with Crippen LogP contribution in [0.5, 0.6) is 34.5 Å². The maximum Gasteiger partial charge on any atom is 0.146 e. The predicted octanol–water partition coefficient (Wildman–Crippen LogP) is 7.58. The standard InChI is InChI=1S/C25H18Cl2O4/c26-22-14-16(1-11-24(22)30-20-7-3-18(28)4-8-20)13-17-2-12-25(23(27)15-17)31-21-9-5-19(29)6-10-21/h1-12,14-15,28-29H,13H2. The van der Waals surface area contributed by atoms with Crippen molar-refractivity contribution >= 4 is 23.2 Å². The van der Waals surface area contributed by atoms with Crippen LogP contribution in [0.1, 0.15) is 11.1 Å². The van der Waals surface area contributed by atoms with Crippen molar-refractivity contribution in [3.63, 3.8) is 0 Å². The summed E-state index contributed by atoms with van der Waals surface area (Å²) in [7, 11) is 0. The van der Waals surface area contributed by atoms with Crippen LogP contribution in [0, 0.1) is 0 Å². The topological polar surface area (TPSA) is 58.9 Å². The van der Waals surface area contributed by atoms with Crippen molar-refractivity contribution in [3.05, 3.63) is 106 Å². The molecule has 4 aromatic carbocycles. The van der Waals surface area contributed by atoms with E-state index in [0.29, 0.717) is 39.5 Å². The fraction of sp³-hybridized carbons (Fsp3) is 0.0400. The molecule has 4 aromatic rings. The zero-order valence-electron chi connectivity index (χ0n) is 16.3. The van der Waals surface area contributed by atoms with Gasteiger partial charge in [-0.05, 0) is 90.3 Å². The van der Waals surface area contributed by atoms with Gasteiger partial charge in [0.1, 0.15) is 34.5 Å². The fourth-order valence-electron chi connectivity index (χ4n) is 2.99. The minimum absolute atomic E-state index is 0.173. The van der Waals surface area contributed by atoms with Gasteiger partial charge in [-0.15, -0.1) is 0 Å². The summed E-state index contributed by atoms with van der Waals surface area (Å²) >= 11 is 12.8. The highest BCUT2D eigenvalue weighted by Crippen LogP contribution is 2.34. The molecule has 156 valence electrons. The van der Waals surface area contributed by atoms with Gasteiger partial charge in [-0.3, -0.25) is 0 Å². The first-order chi connectivity index (χ1) is 15.0. The number of benzene rings is 4. The molecule has 0 aliphatic heterocycles. The molecule has 6 heteroatoms. The van der Waals surface area contributed by atoms with Gasteiger partial charge in [-0.25, -0.2) is 0 Å². The van der Waals surface area contributed by atoms with E-state index in [1.165, 1.54) is 0 Å². The average Bonchev–Trinajstić information content (AvgIpc) is 2.75. The average molecular weight is 453 g/mol. The second-order valence-electron chi connectivity index (χ2n) is 6.90. The van der Waals surface area contributed by atoms with Crippen LogP contribution in [0.15, 0.2) is 84.9 Å². The lowest BCUT2D eigenvalue weighted by molar-refractivity contribution is 0.464. The highest BCUT2D eigenvalue weighted by atomic mass is 35.5. The lowest BCUT2D eigenvalue weighted by atomic mass is 10.0. The number of rotatable bonds is 6. The van der Waals surface area contributed by atoms with Crippen LogP contribution >= 0.6 is 23.2 Å². The normalized spacial score (nSPS) is 10.6. The molecule has 0 aromatic heterocycles. The number of aromatic hydroxyl groups is 2. The molecular formula is C25H18Cl2O4. The number of phenolic OH excluding ortho intramolecular Hbond substituents is 2. The Kier molecular flexibility index (Phi) is 6.21. The molecule has 0 fully saturated rings. The molecule has 0 spiro atoms. The highest BCUT2D eigenvalue weighted by Gasteiger charge is 2.09. The largest absolute Gasteiger partial charge is 0.508 e. The van der Waals surface area contributed by atoms with E-state index in [2.05, 4.69) is 0 Å². The van der Waals surface area contributed by atoms with E-state index in [1.54, 1.807) is 48.5 Å². The third kappa shape index (κ3) is 5.43. The van der Waals surface area contributed by atoms with Gasteiger partial charge in [0.25, 0.3) is 0 Å². The van der Waals surface area contributed by atoms with Crippen LogP contribution in [0.2, 0.25) is 10.0 Å². The quantitative estimate of drug-likeness (QED) is 0.316. The molecule has 0 atom stereocenters. The molecule has 31 heavy (non-hydrogen) atoms. The van der Waals surface area contributed by atoms with Gasteiger partial charge in [-0.1, -0.05) is 35.3 Å². The Balaban J connectivity index is 1.44. The van der Waals surface area contributed by atoms with E-state index in [1.807, 2.05) is 36.4 Å². The van der Waals surface area contributed by atoms with Crippen LogP contribution in [0.4, 0.5) is 0 Å². The number of hydrogen-bond acceptors (Lipinski definition) is 4. The van der Waals surface area contributed by atoms with Gasteiger partial charge < -0.3 is 19.7 Å². The summed E-state index contributed by atoms with van der Waals surface area (Å²) in [6.07, 6.45) is 0.637. The van der Waals surface area contributed by atoms with Crippen molar-refractivity contribution < 1.29 is 19.7 Å². The molecule has 4 rings (SSSR count). The van der Waals surface area contributed by atoms with Gasteiger partial charge in [0, 0.05) is 0 Å². The van der Waals surface area contributed by atoms with Crippen molar-refractivity contribution in [1.82, 2.24) is 0 Å². The Hall–Kier alpha value is -3.34. The monoisotopic (exact) mass is 452 g/mol. The minimum Gasteiger partial charge on any atom is -0.508 e. The Morgan fingerprint density at radius 2 is 0.935 bits per heavy atom. The third-order valence-corrected chi connectivity index (χ3v) is 5.12. The van der Waals surface area contributed by atoms with Gasteiger partial charge in [-0.2, -0.15) is 0 Å². The summed E-state index contributed by atoms with van der Waals surface area (Å²) in [5, 5.41) is 19.7. The molecule has 0 saturated heterocycles.